The van der Waals surface area contributed by atoms with Gasteiger partial charge in [0.2, 0.25) is 0 Å². The van der Waals surface area contributed by atoms with Crippen molar-refractivity contribution in [3.63, 3.8) is 0 Å². The van der Waals surface area contributed by atoms with E-state index in [4.69, 9.17) is 34.2 Å². The third-order valence-electron chi connectivity index (χ3n) is 3.13. The molecule has 8 nitrogen and oxygen atoms in total. The van der Waals surface area contributed by atoms with Crippen LogP contribution in [-0.4, -0.2) is 10.8 Å². The maximum absolute atomic E-state index is 12.2. The second-order valence-corrected chi connectivity index (χ2v) is 5.75. The van der Waals surface area contributed by atoms with E-state index in [2.05, 4.69) is 10.6 Å². The lowest BCUT2D eigenvalue weighted by molar-refractivity contribution is -0.384. The maximum atomic E-state index is 12.2. The molecule has 0 unspecified atom stereocenters. The third kappa shape index (κ3) is 4.63. The van der Waals surface area contributed by atoms with Crippen molar-refractivity contribution >= 4 is 51.9 Å². The summed E-state index contributed by atoms with van der Waals surface area (Å²) in [5.74, 6) is -0.713. The van der Waals surface area contributed by atoms with Crippen LogP contribution in [0.4, 0.5) is 22.7 Å². The fraction of sp³-hybridized carbons (Fsp3) is 0. The number of nitrogens with one attached hydrogen (secondary N) is 2. The van der Waals surface area contributed by atoms with Crippen LogP contribution in [0.25, 0.3) is 0 Å². The van der Waals surface area contributed by atoms with Gasteiger partial charge in [0.25, 0.3) is 11.6 Å². The molecule has 0 aliphatic rings. The molecule has 0 aromatic heterocycles. The lowest BCUT2D eigenvalue weighted by Gasteiger charge is -2.08. The number of hydrogen-bond acceptors (Lipinski definition) is 6. The van der Waals surface area contributed by atoms with Gasteiger partial charge in [0.15, 0.2) is 0 Å². The van der Waals surface area contributed by atoms with Crippen molar-refractivity contribution in [2.24, 2.45) is 0 Å². The smallest absolute Gasteiger partial charge is 0.289 e. The molecule has 0 saturated carbocycles. The van der Waals surface area contributed by atoms with E-state index in [0.717, 1.165) is 6.20 Å². The summed E-state index contributed by atoms with van der Waals surface area (Å²) in [6.07, 6.45) is 1.12. The second-order valence-electron chi connectivity index (χ2n) is 4.93. The Balaban J connectivity index is 2.17. The van der Waals surface area contributed by atoms with Gasteiger partial charge >= 0.3 is 0 Å². The van der Waals surface area contributed by atoms with Crippen LogP contribution in [0.5, 0.6) is 0 Å². The largest absolute Gasteiger partial charge is 0.399 e. The van der Waals surface area contributed by atoms with Crippen LogP contribution in [0, 0.1) is 21.4 Å². The highest BCUT2D eigenvalue weighted by Crippen LogP contribution is 2.27. The number of halogens is 2. The molecule has 4 N–H and O–H groups in total. The van der Waals surface area contributed by atoms with Gasteiger partial charge in [-0.1, -0.05) is 23.2 Å². The minimum Gasteiger partial charge on any atom is -0.399 e. The number of nitriles is 1. The molecule has 0 bridgehead atoms. The third-order valence-corrected chi connectivity index (χ3v) is 3.76. The highest BCUT2D eigenvalue weighted by molar-refractivity contribution is 6.34. The maximum Gasteiger partial charge on any atom is 0.289 e. The Labute approximate surface area is 158 Å². The molecule has 10 heteroatoms. The lowest BCUT2D eigenvalue weighted by atomic mass is 10.2. The van der Waals surface area contributed by atoms with Gasteiger partial charge in [0.05, 0.1) is 15.6 Å². The quantitative estimate of drug-likeness (QED) is 0.232. The number of benzene rings is 2. The Morgan fingerprint density at radius 2 is 1.96 bits per heavy atom. The number of nitrogen functional groups attached to an aromatic ring is 1. The highest BCUT2D eigenvalue weighted by Gasteiger charge is 2.14. The summed E-state index contributed by atoms with van der Waals surface area (Å²) < 4.78 is 0. The molecular weight excluding hydrogens is 381 g/mol. The molecule has 26 heavy (non-hydrogen) atoms. The van der Waals surface area contributed by atoms with Gasteiger partial charge in [-0.25, -0.2) is 0 Å². The van der Waals surface area contributed by atoms with Crippen LogP contribution < -0.4 is 16.4 Å². The van der Waals surface area contributed by atoms with Crippen molar-refractivity contribution in [3.8, 4) is 6.07 Å². The first-order valence-corrected chi connectivity index (χ1v) is 7.74. The number of anilines is 3. The number of rotatable bonds is 5. The van der Waals surface area contributed by atoms with E-state index in [1.165, 1.54) is 30.3 Å². The Hall–Kier alpha value is -3.28. The predicted octanol–water partition coefficient (Wildman–Crippen LogP) is 3.94. The molecule has 0 aliphatic carbocycles. The molecule has 0 radical (unpaired) electrons. The van der Waals surface area contributed by atoms with Gasteiger partial charge in [-0.05, 0) is 30.3 Å². The zero-order valence-electron chi connectivity index (χ0n) is 13.0. The van der Waals surface area contributed by atoms with Gasteiger partial charge in [-0.15, -0.1) is 0 Å². The molecular formula is C16H11Cl2N5O3. The van der Waals surface area contributed by atoms with Crippen molar-refractivity contribution in [3.05, 3.63) is 68.3 Å². The van der Waals surface area contributed by atoms with Gasteiger partial charge < -0.3 is 16.4 Å². The molecule has 132 valence electrons. The number of amides is 1. The Bertz CT molecular complexity index is 953. The average Bonchev–Trinajstić information content (AvgIpc) is 2.59. The van der Waals surface area contributed by atoms with E-state index in [1.54, 1.807) is 12.1 Å². The van der Waals surface area contributed by atoms with E-state index >= 15 is 0 Å². The number of nitrogens with two attached hydrogens (primary N) is 1. The summed E-state index contributed by atoms with van der Waals surface area (Å²) in [7, 11) is 0. The zero-order valence-corrected chi connectivity index (χ0v) is 14.5. The minimum absolute atomic E-state index is 0.0271. The second kappa shape index (κ2) is 8.20. The van der Waals surface area contributed by atoms with Crippen molar-refractivity contribution in [2.75, 3.05) is 16.4 Å². The monoisotopic (exact) mass is 391 g/mol. The highest BCUT2D eigenvalue weighted by atomic mass is 35.5. The summed E-state index contributed by atoms with van der Waals surface area (Å²) in [6, 6.07) is 10.2. The van der Waals surface area contributed by atoms with Crippen molar-refractivity contribution in [1.29, 1.82) is 5.26 Å². The van der Waals surface area contributed by atoms with Crippen LogP contribution in [0.3, 0.4) is 0 Å². The molecule has 0 aliphatic heterocycles. The molecule has 1 amide bonds. The summed E-state index contributed by atoms with van der Waals surface area (Å²) in [6.45, 7) is 0. The number of nitro groups is 1. The summed E-state index contributed by atoms with van der Waals surface area (Å²) in [5.41, 5.74) is 6.00. The van der Waals surface area contributed by atoms with Crippen LogP contribution in [-0.2, 0) is 4.79 Å². The molecule has 0 atom stereocenters. The van der Waals surface area contributed by atoms with E-state index in [9.17, 15) is 14.9 Å². The normalized spacial score (nSPS) is 10.7. The van der Waals surface area contributed by atoms with E-state index in [1.807, 2.05) is 0 Å². The van der Waals surface area contributed by atoms with Crippen LogP contribution in [0.15, 0.2) is 48.2 Å². The van der Waals surface area contributed by atoms with E-state index in [0.29, 0.717) is 5.69 Å². The lowest BCUT2D eigenvalue weighted by Crippen LogP contribution is -2.15. The first-order chi connectivity index (χ1) is 12.3. The molecule has 2 rings (SSSR count). The first-order valence-electron chi connectivity index (χ1n) is 6.99. The standard InChI is InChI=1S/C16H11Cl2N5O3/c17-12-3-2-11(6-15(12)23(25)26)21-8-9(7-19)16(24)22-14-4-1-10(20)5-13(14)18/h1-6,8,21H,20H2,(H,22,24)/b9-8-. The average molecular weight is 392 g/mol. The van der Waals surface area contributed by atoms with Crippen molar-refractivity contribution in [2.45, 2.75) is 0 Å². The molecule has 2 aromatic carbocycles. The van der Waals surface area contributed by atoms with Gasteiger partial charge in [0, 0.05) is 23.6 Å². The summed E-state index contributed by atoms with van der Waals surface area (Å²) in [5, 5.41) is 25.3. The summed E-state index contributed by atoms with van der Waals surface area (Å²) in [4.78, 5) is 22.4. The fourth-order valence-corrected chi connectivity index (χ4v) is 2.29. The molecule has 0 spiro atoms. The van der Waals surface area contributed by atoms with Gasteiger partial charge in [0.1, 0.15) is 16.7 Å². The van der Waals surface area contributed by atoms with Gasteiger partial charge in [-0.3, -0.25) is 14.9 Å². The zero-order chi connectivity index (χ0) is 19.3. The number of carbonyl (C=O) groups is 1. The molecule has 0 fully saturated rings. The number of nitro benzene ring substituents is 1. The fourth-order valence-electron chi connectivity index (χ4n) is 1.87. The topological polar surface area (TPSA) is 134 Å². The van der Waals surface area contributed by atoms with Crippen molar-refractivity contribution < 1.29 is 9.72 Å². The Morgan fingerprint density at radius 1 is 1.23 bits per heavy atom. The predicted molar refractivity (Wildman–Crippen MR) is 99.9 cm³/mol. The number of nitrogens with zero attached hydrogens (tertiary/aromatic N) is 2. The number of carbonyl (C=O) groups excluding carboxylic acids is 1. The summed E-state index contributed by atoms with van der Waals surface area (Å²) >= 11 is 11.7. The minimum atomic E-state index is -0.713. The molecule has 0 saturated heterocycles. The molecule has 2 aromatic rings. The Morgan fingerprint density at radius 3 is 2.58 bits per heavy atom. The van der Waals surface area contributed by atoms with Gasteiger partial charge in [-0.2, -0.15) is 5.26 Å². The SMILES string of the molecule is N#C/C(=C/Nc1ccc(Cl)c([N+](=O)[O-])c1)C(=O)Nc1ccc(N)cc1Cl. The van der Waals surface area contributed by atoms with Crippen molar-refractivity contribution in [1.82, 2.24) is 0 Å². The van der Waals surface area contributed by atoms with Crippen LogP contribution in [0.2, 0.25) is 10.0 Å². The Kier molecular flexibility index (Phi) is 6.01. The first kappa shape index (κ1) is 19.1. The molecule has 0 heterocycles. The number of hydrogen-bond donors (Lipinski definition) is 3. The van der Waals surface area contributed by atoms with E-state index < -0.39 is 10.8 Å². The van der Waals surface area contributed by atoms with E-state index in [-0.39, 0.29) is 32.7 Å². The van der Waals surface area contributed by atoms with Crippen LogP contribution in [0.1, 0.15) is 0 Å². The van der Waals surface area contributed by atoms with Crippen LogP contribution >= 0.6 is 23.2 Å².